The Balaban J connectivity index is 2.37. The van der Waals surface area contributed by atoms with Crippen molar-refractivity contribution in [2.45, 2.75) is 40.5 Å². The molecule has 0 aromatic carbocycles. The van der Waals surface area contributed by atoms with Gasteiger partial charge in [0.1, 0.15) is 0 Å². The van der Waals surface area contributed by atoms with E-state index in [1.807, 2.05) is 13.8 Å². The molecule has 98 valence electrons. The number of hydrogen-bond acceptors (Lipinski definition) is 2. The van der Waals surface area contributed by atoms with Crippen molar-refractivity contribution in [2.24, 2.45) is 23.2 Å². The fourth-order valence-electron chi connectivity index (χ4n) is 2.10. The van der Waals surface area contributed by atoms with E-state index in [0.29, 0.717) is 12.3 Å². The molecule has 0 spiro atoms. The van der Waals surface area contributed by atoms with Gasteiger partial charge in [0.25, 0.3) is 0 Å². The van der Waals surface area contributed by atoms with Crippen molar-refractivity contribution in [2.75, 3.05) is 6.54 Å². The van der Waals surface area contributed by atoms with E-state index < -0.39 is 11.9 Å². The third kappa shape index (κ3) is 4.02. The Morgan fingerprint density at radius 1 is 1.41 bits per heavy atom. The molecular weight excluding hydrogens is 218 g/mol. The van der Waals surface area contributed by atoms with Crippen molar-refractivity contribution in [1.82, 2.24) is 5.32 Å². The van der Waals surface area contributed by atoms with E-state index in [4.69, 9.17) is 5.11 Å². The predicted octanol–water partition coefficient (Wildman–Crippen LogP) is 1.90. The number of carboxylic acid groups (broad SMARTS) is 1. The molecule has 17 heavy (non-hydrogen) atoms. The summed E-state index contributed by atoms with van der Waals surface area (Å²) in [6.45, 7) is 8.34. The summed E-state index contributed by atoms with van der Waals surface area (Å²) in [5.41, 5.74) is 0.0981. The lowest BCUT2D eigenvalue weighted by Gasteiger charge is -2.15. The van der Waals surface area contributed by atoms with Crippen LogP contribution in [0.1, 0.15) is 40.5 Å². The standard InChI is InChI=1S/C13H23NO3/c1-8(2)5-9(12(16)17)7-14-11(15)10-6-13(10,3)4/h8-10H,5-7H2,1-4H3,(H,14,15)(H,16,17). The lowest BCUT2D eigenvalue weighted by Crippen LogP contribution is -2.35. The third-order valence-electron chi connectivity index (χ3n) is 3.46. The predicted molar refractivity (Wildman–Crippen MR) is 65.5 cm³/mol. The molecule has 2 unspecified atom stereocenters. The fraction of sp³-hybridized carbons (Fsp3) is 0.846. The molecule has 0 heterocycles. The highest BCUT2D eigenvalue weighted by molar-refractivity contribution is 5.83. The summed E-state index contributed by atoms with van der Waals surface area (Å²) in [5, 5.41) is 11.8. The van der Waals surface area contributed by atoms with Crippen molar-refractivity contribution in [3.63, 3.8) is 0 Å². The number of nitrogens with one attached hydrogen (secondary N) is 1. The van der Waals surface area contributed by atoms with Crippen LogP contribution in [0, 0.1) is 23.2 Å². The summed E-state index contributed by atoms with van der Waals surface area (Å²) in [5.74, 6) is -0.902. The van der Waals surface area contributed by atoms with Crippen molar-refractivity contribution >= 4 is 11.9 Å². The lowest BCUT2D eigenvalue weighted by atomic mass is 9.97. The minimum Gasteiger partial charge on any atom is -0.481 e. The number of carbonyl (C=O) groups excluding carboxylic acids is 1. The van der Waals surface area contributed by atoms with Crippen LogP contribution in [0.15, 0.2) is 0 Å². The molecule has 0 radical (unpaired) electrons. The number of amides is 1. The first-order valence-corrected chi connectivity index (χ1v) is 6.24. The molecular formula is C13H23NO3. The van der Waals surface area contributed by atoms with E-state index in [0.717, 1.165) is 6.42 Å². The molecule has 1 saturated carbocycles. The van der Waals surface area contributed by atoms with Crippen LogP contribution in [0.5, 0.6) is 0 Å². The maximum atomic E-state index is 11.7. The normalized spacial score (nSPS) is 23.2. The van der Waals surface area contributed by atoms with Crippen molar-refractivity contribution in [3.05, 3.63) is 0 Å². The maximum Gasteiger partial charge on any atom is 0.308 e. The summed E-state index contributed by atoms with van der Waals surface area (Å²) in [4.78, 5) is 22.7. The molecule has 1 aliphatic carbocycles. The van der Waals surface area contributed by atoms with Crippen LogP contribution in [0.2, 0.25) is 0 Å². The smallest absolute Gasteiger partial charge is 0.308 e. The second-order valence-electron chi connectivity index (χ2n) is 6.16. The van der Waals surface area contributed by atoms with Gasteiger partial charge in [-0.05, 0) is 24.2 Å². The first-order chi connectivity index (χ1) is 7.74. The van der Waals surface area contributed by atoms with Crippen LogP contribution in [0.25, 0.3) is 0 Å². The molecule has 1 amide bonds. The quantitative estimate of drug-likeness (QED) is 0.746. The zero-order valence-electron chi connectivity index (χ0n) is 11.1. The molecule has 4 nitrogen and oxygen atoms in total. The van der Waals surface area contributed by atoms with E-state index in [2.05, 4.69) is 19.2 Å². The highest BCUT2D eigenvalue weighted by atomic mass is 16.4. The SMILES string of the molecule is CC(C)CC(CNC(=O)C1CC1(C)C)C(=O)O. The van der Waals surface area contributed by atoms with E-state index in [9.17, 15) is 9.59 Å². The first kappa shape index (κ1) is 14.0. The van der Waals surface area contributed by atoms with Crippen LogP contribution in [0.3, 0.4) is 0 Å². The van der Waals surface area contributed by atoms with Crippen LogP contribution in [-0.2, 0) is 9.59 Å². The molecule has 0 aromatic heterocycles. The zero-order valence-corrected chi connectivity index (χ0v) is 11.1. The molecule has 4 heteroatoms. The number of carbonyl (C=O) groups is 2. The third-order valence-corrected chi connectivity index (χ3v) is 3.46. The van der Waals surface area contributed by atoms with Gasteiger partial charge in [0.2, 0.25) is 5.91 Å². The highest BCUT2D eigenvalue weighted by Crippen LogP contribution is 2.51. The Bertz CT molecular complexity index is 310. The molecule has 1 fully saturated rings. The molecule has 1 rings (SSSR count). The van der Waals surface area contributed by atoms with Gasteiger partial charge in [-0.25, -0.2) is 0 Å². The zero-order chi connectivity index (χ0) is 13.2. The van der Waals surface area contributed by atoms with Crippen molar-refractivity contribution in [3.8, 4) is 0 Å². The molecule has 0 aromatic rings. The number of rotatable bonds is 6. The van der Waals surface area contributed by atoms with Gasteiger partial charge in [-0.3, -0.25) is 9.59 Å². The van der Waals surface area contributed by atoms with E-state index in [1.165, 1.54) is 0 Å². The van der Waals surface area contributed by atoms with Gasteiger partial charge in [-0.2, -0.15) is 0 Å². The molecule has 2 N–H and O–H groups in total. The second kappa shape index (κ2) is 5.07. The number of carboxylic acids is 1. The minimum absolute atomic E-state index is 0.00464. The molecule has 0 aliphatic heterocycles. The van der Waals surface area contributed by atoms with E-state index in [1.54, 1.807) is 0 Å². The Labute approximate surface area is 103 Å². The van der Waals surface area contributed by atoms with Crippen LogP contribution in [0.4, 0.5) is 0 Å². The van der Waals surface area contributed by atoms with Gasteiger partial charge >= 0.3 is 5.97 Å². The molecule has 0 bridgehead atoms. The second-order valence-corrected chi connectivity index (χ2v) is 6.16. The summed E-state index contributed by atoms with van der Waals surface area (Å²) in [7, 11) is 0. The Morgan fingerprint density at radius 2 is 1.94 bits per heavy atom. The summed E-state index contributed by atoms with van der Waals surface area (Å²) >= 11 is 0. The topological polar surface area (TPSA) is 66.4 Å². The Hall–Kier alpha value is -1.06. The van der Waals surface area contributed by atoms with Gasteiger partial charge in [0, 0.05) is 12.5 Å². The average Bonchev–Trinajstić information content (AvgIpc) is 2.81. The fourth-order valence-corrected chi connectivity index (χ4v) is 2.10. The first-order valence-electron chi connectivity index (χ1n) is 6.24. The van der Waals surface area contributed by atoms with Crippen molar-refractivity contribution < 1.29 is 14.7 Å². The van der Waals surface area contributed by atoms with Crippen LogP contribution in [-0.4, -0.2) is 23.5 Å². The van der Waals surface area contributed by atoms with Gasteiger partial charge in [-0.1, -0.05) is 27.7 Å². The van der Waals surface area contributed by atoms with Gasteiger partial charge < -0.3 is 10.4 Å². The number of hydrogen-bond donors (Lipinski definition) is 2. The Morgan fingerprint density at radius 3 is 2.29 bits per heavy atom. The summed E-state index contributed by atoms with van der Waals surface area (Å²) in [6, 6.07) is 0. The largest absolute Gasteiger partial charge is 0.481 e. The van der Waals surface area contributed by atoms with E-state index in [-0.39, 0.29) is 23.8 Å². The minimum atomic E-state index is -0.825. The Kier molecular flexibility index (Phi) is 4.17. The molecule has 1 aliphatic rings. The lowest BCUT2D eigenvalue weighted by molar-refractivity contribution is -0.142. The van der Waals surface area contributed by atoms with Gasteiger partial charge in [-0.15, -0.1) is 0 Å². The summed E-state index contributed by atoms with van der Waals surface area (Å²) in [6.07, 6.45) is 1.50. The highest BCUT2D eigenvalue weighted by Gasteiger charge is 2.50. The van der Waals surface area contributed by atoms with Crippen molar-refractivity contribution in [1.29, 1.82) is 0 Å². The number of aliphatic carboxylic acids is 1. The molecule has 2 atom stereocenters. The maximum absolute atomic E-state index is 11.7. The van der Waals surface area contributed by atoms with E-state index >= 15 is 0 Å². The van der Waals surface area contributed by atoms with Crippen LogP contribution >= 0.6 is 0 Å². The van der Waals surface area contributed by atoms with Gasteiger partial charge in [0.05, 0.1) is 5.92 Å². The summed E-state index contributed by atoms with van der Waals surface area (Å²) < 4.78 is 0. The van der Waals surface area contributed by atoms with Crippen LogP contribution < -0.4 is 5.32 Å². The average molecular weight is 241 g/mol. The monoisotopic (exact) mass is 241 g/mol. The van der Waals surface area contributed by atoms with Gasteiger partial charge in [0.15, 0.2) is 0 Å². The molecule has 0 saturated heterocycles.